The van der Waals surface area contributed by atoms with E-state index in [-0.39, 0.29) is 18.9 Å². The Kier molecular flexibility index (Phi) is 12.7. The van der Waals surface area contributed by atoms with E-state index in [1.807, 2.05) is 6.92 Å². The van der Waals surface area contributed by atoms with Gasteiger partial charge in [-0.25, -0.2) is 4.79 Å². The third-order valence-corrected chi connectivity index (χ3v) is 3.69. The number of aliphatic carboxylic acids is 1. The van der Waals surface area contributed by atoms with Gasteiger partial charge in [-0.3, -0.25) is 19.8 Å². The fourth-order valence-electron chi connectivity index (χ4n) is 2.13. The molecule has 0 heterocycles. The summed E-state index contributed by atoms with van der Waals surface area (Å²) < 4.78 is 0. The summed E-state index contributed by atoms with van der Waals surface area (Å²) in [6.45, 7) is 1.52. The average Bonchev–Trinajstić information content (AvgIpc) is 2.64. The van der Waals surface area contributed by atoms with Gasteiger partial charge in [0, 0.05) is 6.54 Å². The first-order valence-corrected chi connectivity index (χ1v) is 9.07. The van der Waals surface area contributed by atoms with Gasteiger partial charge < -0.3 is 37.8 Å². The number of rotatable bonds is 14. The van der Waals surface area contributed by atoms with E-state index in [2.05, 4.69) is 21.3 Å². The molecule has 0 aliphatic carbocycles. The number of hydrogen-bond donors (Lipinski definition) is 8. The molecule has 160 valence electrons. The molecule has 0 aromatic heterocycles. The highest BCUT2D eigenvalue weighted by Crippen LogP contribution is 1.98. The van der Waals surface area contributed by atoms with Gasteiger partial charge in [0.2, 0.25) is 17.7 Å². The van der Waals surface area contributed by atoms with Crippen LogP contribution in [-0.4, -0.2) is 66.5 Å². The maximum absolute atomic E-state index is 11.8. The topological polar surface area (TPSA) is 213 Å². The van der Waals surface area contributed by atoms with E-state index in [1.165, 1.54) is 0 Å². The van der Waals surface area contributed by atoms with E-state index < -0.39 is 42.3 Å². The lowest BCUT2D eigenvalue weighted by Gasteiger charge is -2.15. The Morgan fingerprint density at radius 2 is 1.64 bits per heavy atom. The van der Waals surface area contributed by atoms with Crippen molar-refractivity contribution in [3.8, 4) is 0 Å². The van der Waals surface area contributed by atoms with Crippen molar-refractivity contribution in [2.75, 3.05) is 19.6 Å². The summed E-state index contributed by atoms with van der Waals surface area (Å²) in [6, 6.07) is -1.82. The van der Waals surface area contributed by atoms with Gasteiger partial charge in [-0.2, -0.15) is 0 Å². The van der Waals surface area contributed by atoms with Crippen LogP contribution in [0.4, 0.5) is 0 Å². The summed E-state index contributed by atoms with van der Waals surface area (Å²) >= 11 is 0. The Bertz CT molecular complexity index is 556. The Morgan fingerprint density at radius 3 is 2.21 bits per heavy atom. The number of carbonyl (C=O) groups is 4. The minimum Gasteiger partial charge on any atom is -0.480 e. The van der Waals surface area contributed by atoms with Crippen molar-refractivity contribution in [3.63, 3.8) is 0 Å². The first-order valence-electron chi connectivity index (χ1n) is 9.07. The number of carboxylic acid groups (broad SMARTS) is 1. The molecular formula is C16H31N7O5. The molecule has 0 unspecified atom stereocenters. The number of carboxylic acids is 1. The molecule has 0 radical (unpaired) electrons. The van der Waals surface area contributed by atoms with Gasteiger partial charge in [0.25, 0.3) is 0 Å². The van der Waals surface area contributed by atoms with Gasteiger partial charge in [-0.05, 0) is 19.3 Å². The van der Waals surface area contributed by atoms with Gasteiger partial charge in [0.05, 0.1) is 19.1 Å². The third-order valence-electron chi connectivity index (χ3n) is 3.69. The minimum absolute atomic E-state index is 0.126. The molecule has 12 heteroatoms. The second-order valence-corrected chi connectivity index (χ2v) is 6.18. The quantitative estimate of drug-likeness (QED) is 0.0887. The number of hydrogen-bond acceptors (Lipinski definition) is 6. The van der Waals surface area contributed by atoms with Crippen LogP contribution in [0.5, 0.6) is 0 Å². The van der Waals surface area contributed by atoms with E-state index in [0.717, 1.165) is 12.8 Å². The molecule has 0 aliphatic heterocycles. The zero-order chi connectivity index (χ0) is 21.5. The molecule has 2 atom stereocenters. The molecule has 12 nitrogen and oxygen atoms in total. The summed E-state index contributed by atoms with van der Waals surface area (Å²) in [4.78, 5) is 46.3. The maximum atomic E-state index is 11.8. The highest BCUT2D eigenvalue weighted by atomic mass is 16.4. The van der Waals surface area contributed by atoms with Crippen LogP contribution in [0.1, 0.15) is 39.0 Å². The van der Waals surface area contributed by atoms with Crippen molar-refractivity contribution in [2.45, 2.75) is 51.1 Å². The number of amides is 3. The van der Waals surface area contributed by atoms with Crippen LogP contribution >= 0.6 is 0 Å². The van der Waals surface area contributed by atoms with Gasteiger partial charge in [0.1, 0.15) is 6.04 Å². The molecule has 0 bridgehead atoms. The lowest BCUT2D eigenvalue weighted by Crippen LogP contribution is -2.48. The fourth-order valence-corrected chi connectivity index (χ4v) is 2.13. The molecule has 28 heavy (non-hydrogen) atoms. The highest BCUT2D eigenvalue weighted by molar-refractivity contribution is 5.90. The lowest BCUT2D eigenvalue weighted by atomic mass is 10.1. The molecule has 0 spiro atoms. The van der Waals surface area contributed by atoms with Crippen molar-refractivity contribution in [1.29, 1.82) is 5.41 Å². The van der Waals surface area contributed by atoms with E-state index in [1.54, 1.807) is 0 Å². The van der Waals surface area contributed by atoms with Crippen LogP contribution < -0.4 is 32.7 Å². The highest BCUT2D eigenvalue weighted by Gasteiger charge is 2.20. The lowest BCUT2D eigenvalue weighted by molar-refractivity contribution is -0.142. The van der Waals surface area contributed by atoms with Gasteiger partial charge >= 0.3 is 5.97 Å². The predicted octanol–water partition coefficient (Wildman–Crippen LogP) is -2.43. The predicted molar refractivity (Wildman–Crippen MR) is 102 cm³/mol. The monoisotopic (exact) mass is 401 g/mol. The SMILES string of the molecule is CCCC[C@H](N)C(=O)NCC(=O)NCC(=O)N[C@@H](CCCNC(=N)N)C(=O)O. The Balaban J connectivity index is 4.15. The van der Waals surface area contributed by atoms with Crippen molar-refractivity contribution < 1.29 is 24.3 Å². The molecule has 0 aromatic rings. The maximum Gasteiger partial charge on any atom is 0.326 e. The third kappa shape index (κ3) is 12.5. The van der Waals surface area contributed by atoms with Crippen LogP contribution in [0.15, 0.2) is 0 Å². The van der Waals surface area contributed by atoms with Crippen LogP contribution in [0.3, 0.4) is 0 Å². The van der Waals surface area contributed by atoms with Crippen LogP contribution in [0, 0.1) is 5.41 Å². The first-order chi connectivity index (χ1) is 13.2. The summed E-state index contributed by atoms with van der Waals surface area (Å²) in [6.07, 6.45) is 2.72. The average molecular weight is 401 g/mol. The number of carbonyl (C=O) groups excluding carboxylic acids is 3. The van der Waals surface area contributed by atoms with E-state index >= 15 is 0 Å². The molecule has 0 aliphatic rings. The summed E-state index contributed by atoms with van der Waals surface area (Å²) in [5.74, 6) is -3.15. The van der Waals surface area contributed by atoms with Gasteiger partial charge in [-0.15, -0.1) is 0 Å². The molecule has 3 amide bonds. The van der Waals surface area contributed by atoms with Crippen molar-refractivity contribution >= 4 is 29.7 Å². The smallest absolute Gasteiger partial charge is 0.326 e. The number of nitrogens with one attached hydrogen (secondary N) is 5. The number of guanidine groups is 1. The number of unbranched alkanes of at least 4 members (excludes halogenated alkanes) is 1. The Hall–Kier alpha value is -2.89. The molecule has 0 saturated carbocycles. The van der Waals surface area contributed by atoms with E-state index in [0.29, 0.717) is 19.4 Å². The molecule has 10 N–H and O–H groups in total. The Morgan fingerprint density at radius 1 is 1.00 bits per heavy atom. The van der Waals surface area contributed by atoms with Gasteiger partial charge in [0.15, 0.2) is 5.96 Å². The van der Waals surface area contributed by atoms with Crippen LogP contribution in [0.2, 0.25) is 0 Å². The number of nitrogens with two attached hydrogens (primary N) is 2. The zero-order valence-corrected chi connectivity index (χ0v) is 16.0. The zero-order valence-electron chi connectivity index (χ0n) is 16.0. The summed E-state index contributed by atoms with van der Waals surface area (Å²) in [5.41, 5.74) is 10.8. The first kappa shape index (κ1) is 25.1. The van der Waals surface area contributed by atoms with E-state index in [4.69, 9.17) is 22.0 Å². The van der Waals surface area contributed by atoms with Crippen LogP contribution in [0.25, 0.3) is 0 Å². The van der Waals surface area contributed by atoms with Crippen molar-refractivity contribution in [1.82, 2.24) is 21.3 Å². The molecular weight excluding hydrogens is 370 g/mol. The Labute approximate surface area is 163 Å². The standard InChI is InChI=1S/C16H31N7O5/c1-2-3-5-10(17)14(26)22-8-12(24)21-9-13(25)23-11(15(27)28)6-4-7-20-16(18)19/h10-11H,2-9,17H2,1H3,(H,21,24)(H,22,26)(H,23,25)(H,27,28)(H4,18,19,20)/t10-,11-/m0/s1. The summed E-state index contributed by atoms with van der Waals surface area (Å²) in [7, 11) is 0. The molecule has 0 saturated heterocycles. The molecule has 0 rings (SSSR count). The summed E-state index contributed by atoms with van der Waals surface area (Å²) in [5, 5.41) is 25.6. The molecule has 0 fully saturated rings. The van der Waals surface area contributed by atoms with Gasteiger partial charge in [-0.1, -0.05) is 19.8 Å². The normalized spacial score (nSPS) is 12.4. The van der Waals surface area contributed by atoms with Crippen molar-refractivity contribution in [2.24, 2.45) is 11.5 Å². The van der Waals surface area contributed by atoms with E-state index in [9.17, 15) is 19.2 Å². The second kappa shape index (κ2) is 14.2. The largest absolute Gasteiger partial charge is 0.480 e. The second-order valence-electron chi connectivity index (χ2n) is 6.18. The van der Waals surface area contributed by atoms with Crippen molar-refractivity contribution in [3.05, 3.63) is 0 Å². The minimum atomic E-state index is -1.21. The molecule has 0 aromatic carbocycles. The fraction of sp³-hybridized carbons (Fsp3) is 0.688. The van der Waals surface area contributed by atoms with Crippen LogP contribution in [-0.2, 0) is 19.2 Å².